The molecule has 1 aromatic rings. The van der Waals surface area contributed by atoms with Gasteiger partial charge < -0.3 is 10.6 Å². The number of hydrogen-bond acceptors (Lipinski definition) is 4. The van der Waals surface area contributed by atoms with Crippen LogP contribution in [0.15, 0.2) is 12.4 Å². The quantitative estimate of drug-likeness (QED) is 0.599. The monoisotopic (exact) mass is 233 g/mol. The maximum Gasteiger partial charge on any atom is 0.147 e. The van der Waals surface area contributed by atoms with Crippen LogP contribution < -0.4 is 10.6 Å². The first kappa shape index (κ1) is 11.8. The van der Waals surface area contributed by atoms with E-state index in [1.807, 2.05) is 0 Å². The summed E-state index contributed by atoms with van der Waals surface area (Å²) >= 11 is 0. The van der Waals surface area contributed by atoms with E-state index in [1.54, 1.807) is 12.4 Å². The average Bonchev–Trinajstić information content (AvgIpc) is 2.29. The van der Waals surface area contributed by atoms with Crippen LogP contribution in [0.3, 0.4) is 0 Å². The van der Waals surface area contributed by atoms with Gasteiger partial charge in [0.05, 0.1) is 12.4 Å². The molecule has 5 nitrogen and oxygen atoms in total. The minimum Gasteiger partial charge on any atom is -0.382 e. The van der Waals surface area contributed by atoms with Crippen LogP contribution in [0.5, 0.6) is 0 Å². The van der Waals surface area contributed by atoms with Crippen molar-refractivity contribution < 1.29 is 0 Å². The van der Waals surface area contributed by atoms with Gasteiger partial charge in [0, 0.05) is 13.1 Å². The first-order chi connectivity index (χ1) is 8.27. The number of nitrogens with one attached hydrogen (secondary N) is 1. The fourth-order valence-corrected chi connectivity index (χ4v) is 2.10. The average molecular weight is 233 g/mol. The number of rotatable bonds is 2. The molecule has 0 amide bonds. The van der Waals surface area contributed by atoms with E-state index in [2.05, 4.69) is 14.9 Å². The molecule has 92 valence electrons. The molecule has 0 bridgehead atoms. The highest BCUT2D eigenvalue weighted by Crippen LogP contribution is 2.16. The molecule has 2 rings (SSSR count). The summed E-state index contributed by atoms with van der Waals surface area (Å²) in [5.74, 6) is 0.869. The number of hydrogen-bond donors (Lipinski definition) is 2. The molecule has 0 saturated carbocycles. The molecule has 5 heteroatoms. The van der Waals surface area contributed by atoms with Crippen LogP contribution in [0.2, 0.25) is 0 Å². The summed E-state index contributed by atoms with van der Waals surface area (Å²) in [6.07, 6.45) is 9.69. The molecule has 17 heavy (non-hydrogen) atoms. The second kappa shape index (κ2) is 5.61. The van der Waals surface area contributed by atoms with Gasteiger partial charge in [-0.25, -0.2) is 9.97 Å². The largest absolute Gasteiger partial charge is 0.382 e. The van der Waals surface area contributed by atoms with Crippen molar-refractivity contribution in [2.75, 3.05) is 18.0 Å². The van der Waals surface area contributed by atoms with E-state index in [0.29, 0.717) is 5.69 Å². The van der Waals surface area contributed by atoms with Crippen molar-refractivity contribution in [3.05, 3.63) is 18.1 Å². The Morgan fingerprint density at radius 3 is 2.24 bits per heavy atom. The molecular weight excluding hydrogens is 214 g/mol. The zero-order valence-electron chi connectivity index (χ0n) is 10.0. The highest BCUT2D eigenvalue weighted by molar-refractivity contribution is 5.92. The first-order valence-corrected chi connectivity index (χ1v) is 6.19. The van der Waals surface area contributed by atoms with Crippen LogP contribution in [-0.4, -0.2) is 28.9 Å². The van der Waals surface area contributed by atoms with E-state index < -0.39 is 0 Å². The van der Waals surface area contributed by atoms with Crippen LogP contribution in [0, 0.1) is 5.41 Å². The van der Waals surface area contributed by atoms with Crippen LogP contribution in [0.1, 0.15) is 37.8 Å². The van der Waals surface area contributed by atoms with E-state index in [0.717, 1.165) is 18.9 Å². The van der Waals surface area contributed by atoms with Gasteiger partial charge in [0.15, 0.2) is 0 Å². The highest BCUT2D eigenvalue weighted by atomic mass is 15.2. The van der Waals surface area contributed by atoms with Gasteiger partial charge in [-0.3, -0.25) is 5.41 Å². The standard InChI is InChI=1S/C12H19N5/c13-12(14)10-8-16-11(9-15-10)17-6-4-2-1-3-5-7-17/h8-9H,1-7H2,(H3,13,14). The number of nitrogen functional groups attached to an aromatic ring is 1. The van der Waals surface area contributed by atoms with Crippen molar-refractivity contribution in [2.24, 2.45) is 5.73 Å². The molecule has 1 saturated heterocycles. The summed E-state index contributed by atoms with van der Waals surface area (Å²) in [6.45, 7) is 2.10. The summed E-state index contributed by atoms with van der Waals surface area (Å²) in [6, 6.07) is 0. The lowest BCUT2D eigenvalue weighted by Crippen LogP contribution is -2.28. The second-order valence-electron chi connectivity index (χ2n) is 4.43. The van der Waals surface area contributed by atoms with Crippen molar-refractivity contribution in [2.45, 2.75) is 32.1 Å². The Bertz CT molecular complexity index is 365. The number of anilines is 1. The minimum absolute atomic E-state index is 0.0308. The Morgan fingerprint density at radius 1 is 1.06 bits per heavy atom. The Labute approximate surface area is 102 Å². The van der Waals surface area contributed by atoms with Crippen LogP contribution in [-0.2, 0) is 0 Å². The number of nitrogens with zero attached hydrogens (tertiary/aromatic N) is 3. The molecule has 1 aliphatic heterocycles. The van der Waals surface area contributed by atoms with Gasteiger partial charge in [0.2, 0.25) is 0 Å². The molecule has 1 aliphatic rings. The molecule has 0 atom stereocenters. The van der Waals surface area contributed by atoms with E-state index in [-0.39, 0.29) is 5.84 Å². The number of aromatic nitrogens is 2. The van der Waals surface area contributed by atoms with Crippen molar-refractivity contribution in [1.29, 1.82) is 5.41 Å². The number of nitrogens with two attached hydrogens (primary N) is 1. The fraction of sp³-hybridized carbons (Fsp3) is 0.583. The zero-order chi connectivity index (χ0) is 12.1. The van der Waals surface area contributed by atoms with Crippen molar-refractivity contribution in [3.8, 4) is 0 Å². The Balaban J connectivity index is 2.06. The maximum absolute atomic E-state index is 7.28. The topological polar surface area (TPSA) is 78.9 Å². The fourth-order valence-electron chi connectivity index (χ4n) is 2.10. The van der Waals surface area contributed by atoms with Gasteiger partial charge >= 0.3 is 0 Å². The van der Waals surface area contributed by atoms with Gasteiger partial charge in [0.25, 0.3) is 0 Å². The van der Waals surface area contributed by atoms with Gasteiger partial charge in [-0.15, -0.1) is 0 Å². The SMILES string of the molecule is N=C(N)c1cnc(N2CCCCCCC2)cn1. The zero-order valence-corrected chi connectivity index (χ0v) is 10.0. The number of amidine groups is 1. The Kier molecular flexibility index (Phi) is 3.90. The summed E-state index contributed by atoms with van der Waals surface area (Å²) < 4.78 is 0. The van der Waals surface area contributed by atoms with E-state index in [9.17, 15) is 0 Å². The van der Waals surface area contributed by atoms with E-state index in [1.165, 1.54) is 32.1 Å². The van der Waals surface area contributed by atoms with Gasteiger partial charge in [-0.1, -0.05) is 19.3 Å². The molecule has 0 radical (unpaired) electrons. The van der Waals surface area contributed by atoms with Crippen LogP contribution in [0.25, 0.3) is 0 Å². The molecule has 1 fully saturated rings. The lowest BCUT2D eigenvalue weighted by molar-refractivity contribution is 0.553. The van der Waals surface area contributed by atoms with Gasteiger partial charge in [-0.2, -0.15) is 0 Å². The smallest absolute Gasteiger partial charge is 0.147 e. The molecule has 0 spiro atoms. The lowest BCUT2D eigenvalue weighted by Gasteiger charge is -2.25. The van der Waals surface area contributed by atoms with Crippen LogP contribution in [0.4, 0.5) is 5.82 Å². The molecule has 1 aromatic heterocycles. The summed E-state index contributed by atoms with van der Waals surface area (Å²) in [5, 5.41) is 7.28. The summed E-state index contributed by atoms with van der Waals surface area (Å²) in [7, 11) is 0. The van der Waals surface area contributed by atoms with E-state index >= 15 is 0 Å². The normalized spacial score (nSPS) is 17.3. The van der Waals surface area contributed by atoms with Crippen molar-refractivity contribution in [3.63, 3.8) is 0 Å². The summed E-state index contributed by atoms with van der Waals surface area (Å²) in [4.78, 5) is 10.8. The highest BCUT2D eigenvalue weighted by Gasteiger charge is 2.10. The minimum atomic E-state index is -0.0308. The molecule has 0 aliphatic carbocycles. The third kappa shape index (κ3) is 3.15. The summed E-state index contributed by atoms with van der Waals surface area (Å²) in [5.41, 5.74) is 5.80. The Hall–Kier alpha value is -1.65. The molecule has 0 unspecified atom stereocenters. The van der Waals surface area contributed by atoms with E-state index in [4.69, 9.17) is 11.1 Å². The molecule has 0 aromatic carbocycles. The molecule has 3 N–H and O–H groups in total. The lowest BCUT2D eigenvalue weighted by atomic mass is 10.1. The predicted octanol–water partition coefficient (Wildman–Crippen LogP) is 1.53. The Morgan fingerprint density at radius 2 is 1.71 bits per heavy atom. The van der Waals surface area contributed by atoms with Gasteiger partial charge in [0.1, 0.15) is 17.3 Å². The van der Waals surface area contributed by atoms with Crippen LogP contribution >= 0.6 is 0 Å². The second-order valence-corrected chi connectivity index (χ2v) is 4.43. The van der Waals surface area contributed by atoms with Crippen molar-refractivity contribution >= 4 is 11.7 Å². The van der Waals surface area contributed by atoms with Gasteiger partial charge in [-0.05, 0) is 12.8 Å². The third-order valence-electron chi connectivity index (χ3n) is 3.09. The molecular formula is C12H19N5. The first-order valence-electron chi connectivity index (χ1n) is 6.19. The maximum atomic E-state index is 7.28. The third-order valence-corrected chi connectivity index (χ3v) is 3.09. The van der Waals surface area contributed by atoms with Crippen molar-refractivity contribution in [1.82, 2.24) is 9.97 Å². The molecule has 2 heterocycles. The predicted molar refractivity (Wildman–Crippen MR) is 68.3 cm³/mol.